The van der Waals surface area contributed by atoms with E-state index < -0.39 is 0 Å². The van der Waals surface area contributed by atoms with Crippen LogP contribution in [0.3, 0.4) is 0 Å². The Morgan fingerprint density at radius 2 is 1.81 bits per heavy atom. The molecule has 0 atom stereocenters. The van der Waals surface area contributed by atoms with Crippen LogP contribution in [-0.2, 0) is 6.54 Å². The fourth-order valence-corrected chi connectivity index (χ4v) is 2.76. The van der Waals surface area contributed by atoms with Gasteiger partial charge in [-0.05, 0) is 52.8 Å². The molecule has 0 fully saturated rings. The number of hydrogen-bond acceptors (Lipinski definition) is 3. The summed E-state index contributed by atoms with van der Waals surface area (Å²) >= 11 is 3.45. The maximum absolute atomic E-state index is 13.6. The number of hydrogen-bond donors (Lipinski definition) is 1. The summed E-state index contributed by atoms with van der Waals surface area (Å²) in [5.74, 6) is -0.285. The number of nitrogens with one attached hydrogen (secondary N) is 1. The first-order chi connectivity index (χ1) is 10.2. The summed E-state index contributed by atoms with van der Waals surface area (Å²) in [6.45, 7) is 0.635. The number of fused-ring (bicyclic) bond motifs is 1. The molecule has 0 aliphatic rings. The second kappa shape index (κ2) is 5.87. The highest BCUT2D eigenvalue weighted by Crippen LogP contribution is 2.30. The van der Waals surface area contributed by atoms with Crippen molar-refractivity contribution in [3.05, 3.63) is 58.4 Å². The summed E-state index contributed by atoms with van der Waals surface area (Å²) in [7, 11) is 1.86. The van der Waals surface area contributed by atoms with Crippen molar-refractivity contribution in [2.45, 2.75) is 6.54 Å². The van der Waals surface area contributed by atoms with Gasteiger partial charge in [0, 0.05) is 12.1 Å². The molecule has 1 aromatic heterocycles. The van der Waals surface area contributed by atoms with Crippen LogP contribution in [0.4, 0.5) is 4.39 Å². The molecule has 1 N–H and O–H groups in total. The average Bonchev–Trinajstić information content (AvgIpc) is 2.49. The first-order valence-electron chi connectivity index (χ1n) is 6.54. The van der Waals surface area contributed by atoms with Crippen LogP contribution in [0.1, 0.15) is 5.56 Å². The molecule has 0 bridgehead atoms. The summed E-state index contributed by atoms with van der Waals surface area (Å²) in [4.78, 5) is 9.12. The minimum Gasteiger partial charge on any atom is -0.316 e. The second-order valence-electron chi connectivity index (χ2n) is 4.68. The molecule has 106 valence electrons. The second-order valence-corrected chi connectivity index (χ2v) is 5.43. The predicted molar refractivity (Wildman–Crippen MR) is 85.4 cm³/mol. The van der Waals surface area contributed by atoms with E-state index in [9.17, 15) is 4.39 Å². The number of aromatic nitrogens is 2. The van der Waals surface area contributed by atoms with Gasteiger partial charge in [-0.1, -0.05) is 18.2 Å². The SMILES string of the molecule is CNCc1ccc(F)cc1-c1nc2ccccc2nc1Br. The van der Waals surface area contributed by atoms with Crippen molar-refractivity contribution in [3.63, 3.8) is 0 Å². The largest absolute Gasteiger partial charge is 0.316 e. The molecule has 3 aromatic rings. The van der Waals surface area contributed by atoms with Gasteiger partial charge in [-0.15, -0.1) is 0 Å². The van der Waals surface area contributed by atoms with Gasteiger partial charge in [0.05, 0.1) is 11.0 Å². The first-order valence-corrected chi connectivity index (χ1v) is 7.34. The fourth-order valence-electron chi connectivity index (χ4n) is 2.26. The third-order valence-electron chi connectivity index (χ3n) is 3.22. The minimum atomic E-state index is -0.285. The van der Waals surface area contributed by atoms with Crippen molar-refractivity contribution in [1.29, 1.82) is 0 Å². The lowest BCUT2D eigenvalue weighted by Crippen LogP contribution is -2.07. The van der Waals surface area contributed by atoms with E-state index >= 15 is 0 Å². The van der Waals surface area contributed by atoms with E-state index in [4.69, 9.17) is 0 Å². The maximum Gasteiger partial charge on any atom is 0.133 e. The lowest BCUT2D eigenvalue weighted by Gasteiger charge is -2.11. The third-order valence-corrected chi connectivity index (χ3v) is 3.78. The summed E-state index contributed by atoms with van der Waals surface area (Å²) in [6, 6.07) is 12.3. The van der Waals surface area contributed by atoms with Crippen LogP contribution in [0.2, 0.25) is 0 Å². The normalized spacial score (nSPS) is 11.0. The summed E-state index contributed by atoms with van der Waals surface area (Å²) in [5.41, 5.74) is 3.96. The van der Waals surface area contributed by atoms with E-state index in [0.29, 0.717) is 16.8 Å². The van der Waals surface area contributed by atoms with Crippen LogP contribution in [0.25, 0.3) is 22.3 Å². The summed E-state index contributed by atoms with van der Waals surface area (Å²) in [6.07, 6.45) is 0. The molecular formula is C16H13BrFN3. The van der Waals surface area contributed by atoms with Gasteiger partial charge in [0.1, 0.15) is 16.1 Å². The lowest BCUT2D eigenvalue weighted by atomic mass is 10.0. The Morgan fingerprint density at radius 3 is 2.52 bits per heavy atom. The quantitative estimate of drug-likeness (QED) is 0.781. The molecule has 0 spiro atoms. The zero-order valence-electron chi connectivity index (χ0n) is 11.4. The Bertz CT molecular complexity index is 805. The standard InChI is InChI=1S/C16H13BrFN3/c1-19-9-10-6-7-11(18)8-12(10)15-16(17)21-14-5-3-2-4-13(14)20-15/h2-8,19H,9H2,1H3. The number of benzene rings is 2. The lowest BCUT2D eigenvalue weighted by molar-refractivity contribution is 0.627. The summed E-state index contributed by atoms with van der Waals surface area (Å²) < 4.78 is 14.2. The van der Waals surface area contributed by atoms with Gasteiger partial charge in [0.25, 0.3) is 0 Å². The average molecular weight is 346 g/mol. The Hall–Kier alpha value is -1.85. The minimum absolute atomic E-state index is 0.285. The Balaban J connectivity index is 2.24. The highest BCUT2D eigenvalue weighted by molar-refractivity contribution is 9.10. The highest BCUT2D eigenvalue weighted by atomic mass is 79.9. The van der Waals surface area contributed by atoms with Crippen molar-refractivity contribution in [2.24, 2.45) is 0 Å². The third kappa shape index (κ3) is 2.80. The van der Waals surface area contributed by atoms with E-state index in [0.717, 1.165) is 22.2 Å². The van der Waals surface area contributed by atoms with Crippen molar-refractivity contribution >= 4 is 27.0 Å². The molecule has 0 unspecified atom stereocenters. The molecule has 0 aliphatic heterocycles. The number of rotatable bonds is 3. The summed E-state index contributed by atoms with van der Waals surface area (Å²) in [5, 5.41) is 3.08. The smallest absolute Gasteiger partial charge is 0.133 e. The van der Waals surface area contributed by atoms with Crippen LogP contribution in [0, 0.1) is 5.82 Å². The topological polar surface area (TPSA) is 37.8 Å². The van der Waals surface area contributed by atoms with Crippen molar-refractivity contribution in [1.82, 2.24) is 15.3 Å². The van der Waals surface area contributed by atoms with Crippen molar-refractivity contribution < 1.29 is 4.39 Å². The molecular weight excluding hydrogens is 333 g/mol. The molecule has 2 aromatic carbocycles. The van der Waals surface area contributed by atoms with E-state index in [1.165, 1.54) is 12.1 Å². The van der Waals surface area contributed by atoms with Gasteiger partial charge in [-0.25, -0.2) is 14.4 Å². The number of para-hydroxylation sites is 2. The zero-order valence-corrected chi connectivity index (χ0v) is 13.0. The Morgan fingerprint density at radius 1 is 1.10 bits per heavy atom. The zero-order chi connectivity index (χ0) is 14.8. The molecule has 0 saturated heterocycles. The van der Waals surface area contributed by atoms with Gasteiger partial charge in [-0.3, -0.25) is 0 Å². The van der Waals surface area contributed by atoms with Crippen LogP contribution < -0.4 is 5.32 Å². The molecule has 1 heterocycles. The van der Waals surface area contributed by atoms with Gasteiger partial charge in [0.2, 0.25) is 0 Å². The van der Waals surface area contributed by atoms with Gasteiger partial charge >= 0.3 is 0 Å². The van der Waals surface area contributed by atoms with Crippen LogP contribution in [-0.4, -0.2) is 17.0 Å². The molecule has 0 saturated carbocycles. The molecule has 5 heteroatoms. The van der Waals surface area contributed by atoms with Crippen LogP contribution in [0.15, 0.2) is 47.1 Å². The number of nitrogens with zero attached hydrogens (tertiary/aromatic N) is 2. The van der Waals surface area contributed by atoms with Crippen molar-refractivity contribution in [3.8, 4) is 11.3 Å². The Labute approximate surface area is 130 Å². The van der Waals surface area contributed by atoms with Gasteiger partial charge in [0.15, 0.2) is 0 Å². The monoisotopic (exact) mass is 345 g/mol. The van der Waals surface area contributed by atoms with E-state index in [1.807, 2.05) is 31.3 Å². The molecule has 0 radical (unpaired) electrons. The maximum atomic E-state index is 13.6. The Kier molecular flexibility index (Phi) is 3.94. The van der Waals surface area contributed by atoms with Crippen LogP contribution in [0.5, 0.6) is 0 Å². The van der Waals surface area contributed by atoms with E-state index in [-0.39, 0.29) is 5.82 Å². The van der Waals surface area contributed by atoms with E-state index in [1.54, 1.807) is 6.07 Å². The predicted octanol–water partition coefficient (Wildman–Crippen LogP) is 3.92. The van der Waals surface area contributed by atoms with Gasteiger partial charge < -0.3 is 5.32 Å². The van der Waals surface area contributed by atoms with E-state index in [2.05, 4.69) is 31.2 Å². The number of halogens is 2. The van der Waals surface area contributed by atoms with Gasteiger partial charge in [-0.2, -0.15) is 0 Å². The van der Waals surface area contributed by atoms with Crippen LogP contribution >= 0.6 is 15.9 Å². The van der Waals surface area contributed by atoms with Crippen molar-refractivity contribution in [2.75, 3.05) is 7.05 Å². The fraction of sp³-hybridized carbons (Fsp3) is 0.125. The molecule has 21 heavy (non-hydrogen) atoms. The molecule has 3 nitrogen and oxygen atoms in total. The molecule has 3 rings (SSSR count). The molecule has 0 amide bonds. The molecule has 0 aliphatic carbocycles. The first kappa shape index (κ1) is 14.1. The highest BCUT2D eigenvalue weighted by Gasteiger charge is 2.13.